The molecule has 224 valence electrons. The lowest BCUT2D eigenvalue weighted by Crippen LogP contribution is -2.27. The third-order valence-electron chi connectivity index (χ3n) is 6.77. The lowest BCUT2D eigenvalue weighted by molar-refractivity contribution is 0.0519. The van der Waals surface area contributed by atoms with E-state index in [1.54, 1.807) is 39.8 Å². The quantitative estimate of drug-likeness (QED) is 0.178. The number of aryl methyl sites for hydroxylation is 2. The summed E-state index contributed by atoms with van der Waals surface area (Å²) in [4.78, 5) is 34.6. The van der Waals surface area contributed by atoms with Crippen LogP contribution in [0.1, 0.15) is 68.5 Å². The van der Waals surface area contributed by atoms with E-state index in [0.717, 1.165) is 40.7 Å². The van der Waals surface area contributed by atoms with Crippen molar-refractivity contribution in [1.29, 1.82) is 0 Å². The molecule has 0 aliphatic rings. The number of amides is 1. The van der Waals surface area contributed by atoms with Crippen LogP contribution in [-0.2, 0) is 22.4 Å². The van der Waals surface area contributed by atoms with Crippen molar-refractivity contribution in [2.45, 2.75) is 66.5 Å². The molecule has 5 aromatic rings. The SMILES string of the molecule is CCCc1nc2c(C)cc(C(=O)OCC)nc2n1Cc1ccc2oc(-c3ccccc3NC(=O)OC(C)(C)C)c(Cl)c2c1. The number of carbonyl (C=O) groups excluding carboxylic acids is 2. The van der Waals surface area contributed by atoms with E-state index in [2.05, 4.69) is 17.2 Å². The number of para-hydroxylation sites is 1. The number of nitrogens with zero attached hydrogens (tertiary/aromatic N) is 3. The second kappa shape index (κ2) is 12.1. The average molecular weight is 603 g/mol. The molecule has 0 saturated carbocycles. The highest BCUT2D eigenvalue weighted by molar-refractivity contribution is 6.38. The molecule has 1 amide bonds. The lowest BCUT2D eigenvalue weighted by Gasteiger charge is -2.20. The number of anilines is 1. The maximum atomic E-state index is 12.5. The van der Waals surface area contributed by atoms with Crippen LogP contribution in [0.5, 0.6) is 0 Å². The largest absolute Gasteiger partial charge is 0.461 e. The standard InChI is InChI=1S/C33H35ClN4O5/c1-7-11-26-37-28-19(3)16-24(31(39)41-8-2)35-30(28)38(26)18-20-14-15-25-22(17-20)27(34)29(42-25)21-12-9-10-13-23(21)36-32(40)43-33(4,5)6/h9-10,12-17H,7-8,11,18H2,1-6H3,(H,36,40). The molecule has 0 fully saturated rings. The van der Waals surface area contributed by atoms with Gasteiger partial charge >= 0.3 is 12.1 Å². The number of rotatable bonds is 8. The van der Waals surface area contributed by atoms with Crippen LogP contribution < -0.4 is 5.32 Å². The molecule has 2 aromatic carbocycles. The molecule has 3 aromatic heterocycles. The highest BCUT2D eigenvalue weighted by Gasteiger charge is 2.22. The first-order valence-corrected chi connectivity index (χ1v) is 14.7. The molecule has 5 rings (SSSR count). The highest BCUT2D eigenvalue weighted by atomic mass is 35.5. The summed E-state index contributed by atoms with van der Waals surface area (Å²) in [5.41, 5.74) is 4.59. The molecule has 1 N–H and O–H groups in total. The van der Waals surface area contributed by atoms with Gasteiger partial charge in [0.2, 0.25) is 0 Å². The molecule has 3 heterocycles. The number of nitrogens with one attached hydrogen (secondary N) is 1. The molecular formula is C33H35ClN4O5. The van der Waals surface area contributed by atoms with E-state index >= 15 is 0 Å². The fraction of sp³-hybridized carbons (Fsp3) is 0.333. The summed E-state index contributed by atoms with van der Waals surface area (Å²) in [7, 11) is 0. The summed E-state index contributed by atoms with van der Waals surface area (Å²) in [6.45, 7) is 11.9. The van der Waals surface area contributed by atoms with Crippen molar-refractivity contribution in [2.24, 2.45) is 0 Å². The van der Waals surface area contributed by atoms with Gasteiger partial charge in [-0.3, -0.25) is 5.32 Å². The van der Waals surface area contributed by atoms with Gasteiger partial charge in [0.05, 0.1) is 23.9 Å². The average Bonchev–Trinajstić information content (AvgIpc) is 3.45. The van der Waals surface area contributed by atoms with Crippen LogP contribution in [0.15, 0.2) is 52.9 Å². The topological polar surface area (TPSA) is 108 Å². The molecule has 0 radical (unpaired) electrons. The number of halogens is 1. The molecule has 0 unspecified atom stereocenters. The minimum absolute atomic E-state index is 0.257. The van der Waals surface area contributed by atoms with Crippen LogP contribution in [0.3, 0.4) is 0 Å². The fourth-order valence-corrected chi connectivity index (χ4v) is 5.24. The van der Waals surface area contributed by atoms with Crippen molar-refractivity contribution in [3.63, 3.8) is 0 Å². The minimum atomic E-state index is -0.640. The normalized spacial score (nSPS) is 11.7. The Bertz CT molecular complexity index is 1830. The van der Waals surface area contributed by atoms with Crippen LogP contribution in [0.4, 0.5) is 10.5 Å². The summed E-state index contributed by atoms with van der Waals surface area (Å²) in [6, 6.07) is 14.8. The molecule has 43 heavy (non-hydrogen) atoms. The molecule has 10 heteroatoms. The monoisotopic (exact) mass is 602 g/mol. The first-order valence-electron chi connectivity index (χ1n) is 14.3. The van der Waals surface area contributed by atoms with Crippen molar-refractivity contribution in [3.05, 3.63) is 76.2 Å². The van der Waals surface area contributed by atoms with Crippen LogP contribution >= 0.6 is 11.6 Å². The van der Waals surface area contributed by atoms with Crippen molar-refractivity contribution in [2.75, 3.05) is 11.9 Å². The van der Waals surface area contributed by atoms with Gasteiger partial charge in [-0.15, -0.1) is 0 Å². The Hall–Kier alpha value is -4.37. The number of hydrogen-bond donors (Lipinski definition) is 1. The number of fused-ring (bicyclic) bond motifs is 2. The molecule has 0 spiro atoms. The molecule has 0 aliphatic heterocycles. The first-order chi connectivity index (χ1) is 20.5. The summed E-state index contributed by atoms with van der Waals surface area (Å²) in [5, 5.41) is 3.97. The van der Waals surface area contributed by atoms with Crippen LogP contribution in [-0.4, -0.2) is 38.8 Å². The van der Waals surface area contributed by atoms with Gasteiger partial charge in [-0.05, 0) is 82.5 Å². The third kappa shape index (κ3) is 6.37. The molecule has 0 atom stereocenters. The Morgan fingerprint density at radius 1 is 1.07 bits per heavy atom. The van der Waals surface area contributed by atoms with Gasteiger partial charge in [0.25, 0.3) is 0 Å². The van der Waals surface area contributed by atoms with Crippen LogP contribution in [0.2, 0.25) is 5.02 Å². The van der Waals surface area contributed by atoms with Gasteiger partial charge < -0.3 is 18.5 Å². The molecule has 0 saturated heterocycles. The molecule has 0 aliphatic carbocycles. The van der Waals surface area contributed by atoms with Crippen molar-refractivity contribution in [1.82, 2.24) is 14.5 Å². The maximum Gasteiger partial charge on any atom is 0.412 e. The summed E-state index contributed by atoms with van der Waals surface area (Å²) in [6.07, 6.45) is 1.09. The molecule has 9 nitrogen and oxygen atoms in total. The number of aromatic nitrogens is 3. The van der Waals surface area contributed by atoms with Gasteiger partial charge in [0.15, 0.2) is 17.1 Å². The van der Waals surface area contributed by atoms with E-state index in [-0.39, 0.29) is 12.3 Å². The maximum absolute atomic E-state index is 12.5. The number of imidazole rings is 1. The van der Waals surface area contributed by atoms with Gasteiger partial charge in [0.1, 0.15) is 22.5 Å². The van der Waals surface area contributed by atoms with E-state index in [1.807, 2.05) is 47.9 Å². The van der Waals surface area contributed by atoms with E-state index in [0.29, 0.717) is 39.8 Å². The predicted octanol–water partition coefficient (Wildman–Crippen LogP) is 8.33. The molecular weight excluding hydrogens is 568 g/mol. The number of carbonyl (C=O) groups is 2. The zero-order valence-corrected chi connectivity index (χ0v) is 26.0. The highest BCUT2D eigenvalue weighted by Crippen LogP contribution is 2.41. The van der Waals surface area contributed by atoms with Gasteiger partial charge in [-0.25, -0.2) is 19.6 Å². The van der Waals surface area contributed by atoms with Gasteiger partial charge in [0, 0.05) is 17.4 Å². The number of furan rings is 1. The second-order valence-electron chi connectivity index (χ2n) is 11.3. The van der Waals surface area contributed by atoms with E-state index < -0.39 is 17.7 Å². The number of ether oxygens (including phenoxy) is 2. The second-order valence-corrected chi connectivity index (χ2v) is 11.7. The summed E-state index contributed by atoms with van der Waals surface area (Å²) >= 11 is 6.92. The fourth-order valence-electron chi connectivity index (χ4n) is 4.95. The number of pyridine rings is 1. The Kier molecular flexibility index (Phi) is 8.46. The van der Waals surface area contributed by atoms with Crippen molar-refractivity contribution < 1.29 is 23.5 Å². The third-order valence-corrected chi connectivity index (χ3v) is 7.15. The first kappa shape index (κ1) is 30.1. The van der Waals surface area contributed by atoms with Gasteiger partial charge in [-0.2, -0.15) is 0 Å². The van der Waals surface area contributed by atoms with E-state index in [9.17, 15) is 9.59 Å². The number of esters is 1. The van der Waals surface area contributed by atoms with E-state index in [4.69, 9.17) is 30.5 Å². The van der Waals surface area contributed by atoms with Crippen molar-refractivity contribution in [3.8, 4) is 11.3 Å². The van der Waals surface area contributed by atoms with Gasteiger partial charge in [-0.1, -0.05) is 36.7 Å². The number of hydrogen-bond acceptors (Lipinski definition) is 7. The summed E-state index contributed by atoms with van der Waals surface area (Å²) < 4.78 is 18.9. The summed E-state index contributed by atoms with van der Waals surface area (Å²) in [5.74, 6) is 0.866. The van der Waals surface area contributed by atoms with Crippen molar-refractivity contribution >= 4 is 51.5 Å². The zero-order valence-electron chi connectivity index (χ0n) is 25.2. The smallest absolute Gasteiger partial charge is 0.412 e. The Morgan fingerprint density at radius 2 is 1.84 bits per heavy atom. The zero-order chi connectivity index (χ0) is 30.9. The minimum Gasteiger partial charge on any atom is -0.461 e. The van der Waals surface area contributed by atoms with E-state index in [1.165, 1.54) is 0 Å². The lowest BCUT2D eigenvalue weighted by atomic mass is 10.1. The Morgan fingerprint density at radius 3 is 2.56 bits per heavy atom. The van der Waals surface area contributed by atoms with Crippen LogP contribution in [0, 0.1) is 6.92 Å². The number of benzene rings is 2. The molecule has 0 bridgehead atoms. The van der Waals surface area contributed by atoms with Crippen LogP contribution in [0.25, 0.3) is 33.5 Å². The Balaban J connectivity index is 1.53. The predicted molar refractivity (Wildman–Crippen MR) is 168 cm³/mol. The Labute approximate surface area is 255 Å².